The minimum atomic E-state index is -0.127. The summed E-state index contributed by atoms with van der Waals surface area (Å²) in [5.74, 6) is 1.97. The fourth-order valence-electron chi connectivity index (χ4n) is 2.86. The van der Waals surface area contributed by atoms with Crippen molar-refractivity contribution >= 4 is 5.91 Å². The lowest BCUT2D eigenvalue weighted by atomic mass is 10.1. The van der Waals surface area contributed by atoms with Crippen molar-refractivity contribution in [3.8, 4) is 23.1 Å². The van der Waals surface area contributed by atoms with Crippen LogP contribution in [0.15, 0.2) is 56.0 Å². The monoisotopic (exact) mass is 393 g/mol. The maximum atomic E-state index is 13.0. The highest BCUT2D eigenvalue weighted by Crippen LogP contribution is 2.21. The van der Waals surface area contributed by atoms with Crippen LogP contribution in [-0.2, 0) is 6.54 Å². The Balaban J connectivity index is 1.50. The number of furan rings is 1. The molecule has 0 N–H and O–H groups in total. The summed E-state index contributed by atoms with van der Waals surface area (Å²) in [6.07, 6.45) is 2.33. The van der Waals surface area contributed by atoms with Crippen LogP contribution >= 0.6 is 0 Å². The molecule has 9 heteroatoms. The van der Waals surface area contributed by atoms with Crippen LogP contribution in [0.25, 0.3) is 23.1 Å². The van der Waals surface area contributed by atoms with Crippen molar-refractivity contribution in [3.05, 3.63) is 59.9 Å². The number of hydrogen-bond acceptors (Lipinski definition) is 8. The third-order valence-corrected chi connectivity index (χ3v) is 4.21. The lowest BCUT2D eigenvalue weighted by Crippen LogP contribution is -2.31. The summed E-state index contributed by atoms with van der Waals surface area (Å²) in [6, 6.07) is 10.5. The predicted octanol–water partition coefficient (Wildman–Crippen LogP) is 3.74. The Hall–Kier alpha value is -3.75. The second-order valence-corrected chi connectivity index (χ2v) is 6.43. The first-order valence-electron chi connectivity index (χ1n) is 9.20. The summed E-state index contributed by atoms with van der Waals surface area (Å²) >= 11 is 0. The highest BCUT2D eigenvalue weighted by atomic mass is 16.5. The van der Waals surface area contributed by atoms with Gasteiger partial charge in [-0.25, -0.2) is 0 Å². The van der Waals surface area contributed by atoms with Gasteiger partial charge in [-0.3, -0.25) is 4.79 Å². The van der Waals surface area contributed by atoms with E-state index < -0.39 is 0 Å². The number of rotatable bonds is 7. The summed E-state index contributed by atoms with van der Waals surface area (Å²) in [5, 5.41) is 11.8. The molecule has 4 aromatic rings. The molecule has 0 fully saturated rings. The van der Waals surface area contributed by atoms with Crippen LogP contribution in [0.4, 0.5) is 0 Å². The van der Waals surface area contributed by atoms with Crippen molar-refractivity contribution < 1.29 is 18.2 Å². The van der Waals surface area contributed by atoms with E-state index in [2.05, 4.69) is 20.3 Å². The molecule has 3 aromatic heterocycles. The van der Waals surface area contributed by atoms with Gasteiger partial charge in [-0.1, -0.05) is 12.1 Å². The summed E-state index contributed by atoms with van der Waals surface area (Å²) < 4.78 is 16.0. The summed E-state index contributed by atoms with van der Waals surface area (Å²) in [7, 11) is 0. The molecule has 1 aromatic carbocycles. The van der Waals surface area contributed by atoms with Gasteiger partial charge in [-0.2, -0.15) is 4.98 Å². The van der Waals surface area contributed by atoms with E-state index in [-0.39, 0.29) is 18.3 Å². The normalized spacial score (nSPS) is 11.0. The molecule has 0 radical (unpaired) electrons. The predicted molar refractivity (Wildman–Crippen MR) is 102 cm³/mol. The zero-order valence-corrected chi connectivity index (χ0v) is 16.0. The van der Waals surface area contributed by atoms with Gasteiger partial charge in [0.05, 0.1) is 12.8 Å². The van der Waals surface area contributed by atoms with E-state index in [0.717, 1.165) is 12.0 Å². The molecule has 4 rings (SSSR count). The first-order chi connectivity index (χ1) is 14.1. The number of aryl methyl sites for hydroxylation is 1. The molecule has 148 valence electrons. The van der Waals surface area contributed by atoms with E-state index >= 15 is 0 Å². The Morgan fingerprint density at radius 3 is 2.59 bits per heavy atom. The summed E-state index contributed by atoms with van der Waals surface area (Å²) in [4.78, 5) is 18.9. The Morgan fingerprint density at radius 2 is 1.93 bits per heavy atom. The van der Waals surface area contributed by atoms with Crippen LogP contribution in [0, 0.1) is 6.92 Å². The van der Waals surface area contributed by atoms with Crippen LogP contribution < -0.4 is 0 Å². The molecule has 9 nitrogen and oxygen atoms in total. The number of hydrogen-bond donors (Lipinski definition) is 0. The van der Waals surface area contributed by atoms with Crippen molar-refractivity contribution in [2.75, 3.05) is 6.54 Å². The molecule has 0 bridgehead atoms. The van der Waals surface area contributed by atoms with E-state index in [9.17, 15) is 4.79 Å². The van der Waals surface area contributed by atoms with Crippen LogP contribution in [0.3, 0.4) is 0 Å². The number of carbonyl (C=O) groups is 1. The first kappa shape index (κ1) is 18.6. The largest absolute Gasteiger partial charge is 0.459 e. The van der Waals surface area contributed by atoms with Gasteiger partial charge >= 0.3 is 0 Å². The van der Waals surface area contributed by atoms with Crippen molar-refractivity contribution in [2.24, 2.45) is 0 Å². The van der Waals surface area contributed by atoms with Gasteiger partial charge in [0.2, 0.25) is 5.89 Å². The molecule has 0 unspecified atom stereocenters. The molecule has 0 atom stereocenters. The number of amides is 1. The molecule has 0 saturated heterocycles. The Kier molecular flexibility index (Phi) is 5.19. The summed E-state index contributed by atoms with van der Waals surface area (Å²) in [6.45, 7) is 4.53. The minimum Gasteiger partial charge on any atom is -0.459 e. The summed E-state index contributed by atoms with van der Waals surface area (Å²) in [5.41, 5.74) is 1.30. The van der Waals surface area contributed by atoms with Crippen LogP contribution in [0.5, 0.6) is 0 Å². The van der Waals surface area contributed by atoms with Crippen molar-refractivity contribution in [2.45, 2.75) is 26.8 Å². The van der Waals surface area contributed by atoms with Gasteiger partial charge < -0.3 is 18.3 Å². The average molecular weight is 393 g/mol. The van der Waals surface area contributed by atoms with Gasteiger partial charge in [0.1, 0.15) is 0 Å². The van der Waals surface area contributed by atoms with Gasteiger partial charge in [-0.15, -0.1) is 10.2 Å². The Morgan fingerprint density at radius 1 is 1.10 bits per heavy atom. The second kappa shape index (κ2) is 8.09. The van der Waals surface area contributed by atoms with E-state index in [4.69, 9.17) is 13.4 Å². The quantitative estimate of drug-likeness (QED) is 0.467. The standard InChI is InChI=1S/C20H19N5O4/c1-3-10-25(12-17-22-23-19(28-17)16-5-4-11-27-16)20(26)15-8-6-14(7-9-15)18-21-13(2)24-29-18/h4-9,11H,3,10,12H2,1-2H3. The van der Waals surface area contributed by atoms with Crippen molar-refractivity contribution in [1.82, 2.24) is 25.2 Å². The Bertz CT molecular complexity index is 1080. The van der Waals surface area contributed by atoms with Crippen molar-refractivity contribution in [1.29, 1.82) is 0 Å². The number of aromatic nitrogens is 4. The number of nitrogens with zero attached hydrogens (tertiary/aromatic N) is 5. The number of carbonyl (C=O) groups excluding carboxylic acids is 1. The van der Waals surface area contributed by atoms with E-state index in [1.807, 2.05) is 6.92 Å². The van der Waals surface area contributed by atoms with E-state index in [1.165, 1.54) is 6.26 Å². The fraction of sp³-hybridized carbons (Fsp3) is 0.250. The zero-order chi connectivity index (χ0) is 20.2. The molecule has 0 saturated carbocycles. The fourth-order valence-corrected chi connectivity index (χ4v) is 2.86. The highest BCUT2D eigenvalue weighted by molar-refractivity contribution is 5.94. The molecule has 0 aliphatic rings. The van der Waals surface area contributed by atoms with Gasteiger partial charge in [0.25, 0.3) is 17.7 Å². The maximum Gasteiger partial charge on any atom is 0.283 e. The van der Waals surface area contributed by atoms with E-state index in [0.29, 0.717) is 35.5 Å². The van der Waals surface area contributed by atoms with Crippen LogP contribution in [-0.4, -0.2) is 37.7 Å². The first-order valence-corrected chi connectivity index (χ1v) is 9.20. The Labute approximate surface area is 166 Å². The number of benzene rings is 1. The smallest absolute Gasteiger partial charge is 0.283 e. The lowest BCUT2D eigenvalue weighted by Gasteiger charge is -2.20. The van der Waals surface area contributed by atoms with Crippen LogP contribution in [0.2, 0.25) is 0 Å². The topological polar surface area (TPSA) is 111 Å². The molecule has 29 heavy (non-hydrogen) atoms. The zero-order valence-electron chi connectivity index (χ0n) is 16.0. The highest BCUT2D eigenvalue weighted by Gasteiger charge is 2.20. The average Bonchev–Trinajstić information content (AvgIpc) is 3.49. The lowest BCUT2D eigenvalue weighted by molar-refractivity contribution is 0.0728. The van der Waals surface area contributed by atoms with Crippen molar-refractivity contribution in [3.63, 3.8) is 0 Å². The molecule has 1 amide bonds. The van der Waals surface area contributed by atoms with Gasteiger partial charge in [0.15, 0.2) is 11.6 Å². The SMILES string of the molecule is CCCN(Cc1nnc(-c2ccco2)o1)C(=O)c1ccc(-c2nc(C)no2)cc1. The van der Waals surface area contributed by atoms with E-state index in [1.54, 1.807) is 48.2 Å². The maximum absolute atomic E-state index is 13.0. The molecule has 0 aliphatic carbocycles. The second-order valence-electron chi connectivity index (χ2n) is 6.43. The molecular weight excluding hydrogens is 374 g/mol. The minimum absolute atomic E-state index is 0.127. The third kappa shape index (κ3) is 4.08. The van der Waals surface area contributed by atoms with Gasteiger partial charge in [0, 0.05) is 17.7 Å². The molecule has 0 aliphatic heterocycles. The van der Waals surface area contributed by atoms with Crippen LogP contribution in [0.1, 0.15) is 35.4 Å². The molecule has 3 heterocycles. The molecular formula is C20H19N5O4. The van der Waals surface area contributed by atoms with Gasteiger partial charge in [-0.05, 0) is 49.7 Å². The third-order valence-electron chi connectivity index (χ3n) is 4.21. The molecule has 0 spiro atoms.